The molecule has 1 aromatic rings. The topological polar surface area (TPSA) is 96.4 Å². The number of imide groups is 1. The SMILES string of the molecule is COc1ccc(CN2C[C@@](O)(C/C=C/C(=O)N3C(=O)OC(C)(C)[C@@H]3C(C)C)C2=O)cc1. The van der Waals surface area contributed by atoms with Gasteiger partial charge in [-0.15, -0.1) is 0 Å². The molecule has 0 saturated carbocycles. The van der Waals surface area contributed by atoms with E-state index in [0.29, 0.717) is 6.54 Å². The van der Waals surface area contributed by atoms with Gasteiger partial charge in [0.1, 0.15) is 11.4 Å². The summed E-state index contributed by atoms with van der Waals surface area (Å²) in [5.74, 6) is -0.153. The molecule has 8 nitrogen and oxygen atoms in total. The highest BCUT2D eigenvalue weighted by atomic mass is 16.6. The molecule has 8 heteroatoms. The molecule has 0 radical (unpaired) electrons. The lowest BCUT2D eigenvalue weighted by atomic mass is 9.88. The Bertz CT molecular complexity index is 892. The van der Waals surface area contributed by atoms with Gasteiger partial charge in [0.2, 0.25) is 0 Å². The molecule has 0 spiro atoms. The summed E-state index contributed by atoms with van der Waals surface area (Å²) < 4.78 is 10.5. The van der Waals surface area contributed by atoms with Crippen LogP contribution in [0.3, 0.4) is 0 Å². The second-order valence-corrected chi connectivity index (χ2v) is 9.02. The number of hydrogen-bond donors (Lipinski definition) is 1. The zero-order valence-corrected chi connectivity index (χ0v) is 18.6. The molecule has 1 aromatic carbocycles. The van der Waals surface area contributed by atoms with Gasteiger partial charge in [-0.3, -0.25) is 9.59 Å². The Hall–Kier alpha value is -2.87. The van der Waals surface area contributed by atoms with E-state index in [2.05, 4.69) is 0 Å². The molecule has 0 unspecified atom stereocenters. The lowest BCUT2D eigenvalue weighted by Gasteiger charge is -2.44. The van der Waals surface area contributed by atoms with Crippen LogP contribution >= 0.6 is 0 Å². The van der Waals surface area contributed by atoms with Crippen molar-refractivity contribution in [3.05, 3.63) is 42.0 Å². The van der Waals surface area contributed by atoms with E-state index in [1.165, 1.54) is 12.2 Å². The Morgan fingerprint density at radius 3 is 2.48 bits per heavy atom. The van der Waals surface area contributed by atoms with Crippen LogP contribution in [-0.4, -0.2) is 63.7 Å². The van der Waals surface area contributed by atoms with Crippen LogP contribution < -0.4 is 4.74 Å². The zero-order chi connectivity index (χ0) is 23.0. The molecule has 2 heterocycles. The molecule has 1 N–H and O–H groups in total. The first kappa shape index (κ1) is 22.8. The molecular formula is C23H30N2O6. The van der Waals surface area contributed by atoms with Gasteiger partial charge in [-0.25, -0.2) is 9.69 Å². The standard InChI is InChI=1S/C23H30N2O6/c1-15(2)19-22(3,4)31-21(28)25(19)18(26)7-6-12-23(29)14-24(20(23)27)13-16-8-10-17(30-5)11-9-16/h6-11,15,19,29H,12-14H2,1-5H3/b7-6+/t19-,23-/m0/s1. The number of carbonyl (C=O) groups excluding carboxylic acids is 3. The van der Waals surface area contributed by atoms with Gasteiger partial charge in [0.05, 0.1) is 19.7 Å². The van der Waals surface area contributed by atoms with Crippen molar-refractivity contribution in [2.75, 3.05) is 13.7 Å². The van der Waals surface area contributed by atoms with Crippen LogP contribution in [0.1, 0.15) is 39.7 Å². The van der Waals surface area contributed by atoms with Crippen LogP contribution in [0.25, 0.3) is 0 Å². The number of methoxy groups -OCH3 is 1. The largest absolute Gasteiger partial charge is 0.497 e. The van der Waals surface area contributed by atoms with Crippen LogP contribution in [0, 0.1) is 5.92 Å². The Morgan fingerprint density at radius 2 is 1.94 bits per heavy atom. The number of β-amino-alcohol motifs (C(OH)–C–C–N with tert-alkyl or cyclic N) is 1. The fourth-order valence-corrected chi connectivity index (χ4v) is 4.41. The highest BCUT2D eigenvalue weighted by Crippen LogP contribution is 2.34. The van der Waals surface area contributed by atoms with E-state index < -0.39 is 29.2 Å². The second kappa shape index (κ2) is 8.34. The van der Waals surface area contributed by atoms with Crippen molar-refractivity contribution in [2.24, 2.45) is 5.92 Å². The zero-order valence-electron chi connectivity index (χ0n) is 18.6. The fourth-order valence-electron chi connectivity index (χ4n) is 4.41. The van der Waals surface area contributed by atoms with Crippen molar-refractivity contribution in [1.29, 1.82) is 0 Å². The highest BCUT2D eigenvalue weighted by Gasteiger charge is 2.52. The Morgan fingerprint density at radius 1 is 1.29 bits per heavy atom. The van der Waals surface area contributed by atoms with Gasteiger partial charge in [-0.05, 0) is 43.5 Å². The first-order chi connectivity index (χ1) is 14.5. The number of aliphatic hydroxyl groups is 1. The van der Waals surface area contributed by atoms with Crippen molar-refractivity contribution in [2.45, 2.75) is 57.9 Å². The summed E-state index contributed by atoms with van der Waals surface area (Å²) in [5, 5.41) is 10.6. The minimum absolute atomic E-state index is 0.00465. The number of nitrogens with zero attached hydrogens (tertiary/aromatic N) is 2. The predicted molar refractivity (Wildman–Crippen MR) is 113 cm³/mol. The minimum atomic E-state index is -1.54. The second-order valence-electron chi connectivity index (χ2n) is 9.02. The summed E-state index contributed by atoms with van der Waals surface area (Å²) in [6.07, 6.45) is 1.99. The van der Waals surface area contributed by atoms with Crippen LogP contribution in [0.5, 0.6) is 5.75 Å². The van der Waals surface area contributed by atoms with Crippen LogP contribution in [0.2, 0.25) is 0 Å². The van der Waals surface area contributed by atoms with E-state index in [-0.39, 0.29) is 24.8 Å². The lowest BCUT2D eigenvalue weighted by molar-refractivity contribution is -0.176. The van der Waals surface area contributed by atoms with E-state index in [4.69, 9.17) is 9.47 Å². The average molecular weight is 431 g/mol. The smallest absolute Gasteiger partial charge is 0.417 e. The van der Waals surface area contributed by atoms with Crippen molar-refractivity contribution < 1.29 is 29.0 Å². The van der Waals surface area contributed by atoms with E-state index in [9.17, 15) is 19.5 Å². The molecule has 2 fully saturated rings. The van der Waals surface area contributed by atoms with Gasteiger partial charge in [0, 0.05) is 13.0 Å². The van der Waals surface area contributed by atoms with Crippen LogP contribution in [-0.2, 0) is 20.9 Å². The summed E-state index contributed by atoms with van der Waals surface area (Å²) >= 11 is 0. The van der Waals surface area contributed by atoms with Gasteiger partial charge in [-0.2, -0.15) is 0 Å². The van der Waals surface area contributed by atoms with Crippen molar-refractivity contribution >= 4 is 17.9 Å². The van der Waals surface area contributed by atoms with Gasteiger partial charge in [-0.1, -0.05) is 32.1 Å². The molecule has 2 atom stereocenters. The Labute approximate surface area is 182 Å². The first-order valence-corrected chi connectivity index (χ1v) is 10.4. The predicted octanol–water partition coefficient (Wildman–Crippen LogP) is 2.50. The van der Waals surface area contributed by atoms with E-state index in [0.717, 1.165) is 16.2 Å². The summed E-state index contributed by atoms with van der Waals surface area (Å²) in [6, 6.07) is 6.96. The van der Waals surface area contributed by atoms with Crippen LogP contribution in [0.15, 0.2) is 36.4 Å². The number of likely N-dealkylation sites (tertiary alicyclic amines) is 1. The number of cyclic esters (lactones) is 1. The van der Waals surface area contributed by atoms with Crippen LogP contribution in [0.4, 0.5) is 4.79 Å². The number of rotatable bonds is 7. The summed E-state index contributed by atoms with van der Waals surface area (Å²) in [4.78, 5) is 40.0. The maximum atomic E-state index is 12.6. The molecule has 168 valence electrons. The molecule has 3 amide bonds. The van der Waals surface area contributed by atoms with Gasteiger partial charge in [0.25, 0.3) is 11.8 Å². The Balaban J connectivity index is 1.57. The molecule has 3 rings (SSSR count). The molecule has 0 aromatic heterocycles. The molecule has 0 bridgehead atoms. The van der Waals surface area contributed by atoms with Gasteiger partial charge >= 0.3 is 6.09 Å². The third-order valence-electron chi connectivity index (χ3n) is 5.79. The Kier molecular flexibility index (Phi) is 6.14. The number of ether oxygens (including phenoxy) is 2. The molecule has 2 aliphatic rings. The molecule has 31 heavy (non-hydrogen) atoms. The number of benzene rings is 1. The van der Waals surface area contributed by atoms with E-state index in [1.807, 2.05) is 38.1 Å². The summed E-state index contributed by atoms with van der Waals surface area (Å²) in [5.41, 5.74) is -1.39. The van der Waals surface area contributed by atoms with Crippen molar-refractivity contribution in [1.82, 2.24) is 9.80 Å². The number of carbonyl (C=O) groups is 3. The average Bonchev–Trinajstić information content (AvgIpc) is 2.96. The number of amides is 3. The van der Waals surface area contributed by atoms with Crippen molar-refractivity contribution in [3.63, 3.8) is 0 Å². The van der Waals surface area contributed by atoms with Gasteiger partial charge < -0.3 is 19.5 Å². The quantitative estimate of drug-likeness (QED) is 0.527. The highest BCUT2D eigenvalue weighted by molar-refractivity contribution is 6.00. The molecule has 2 saturated heterocycles. The molecule has 2 aliphatic heterocycles. The summed E-state index contributed by atoms with van der Waals surface area (Å²) in [7, 11) is 1.59. The van der Waals surface area contributed by atoms with E-state index >= 15 is 0 Å². The van der Waals surface area contributed by atoms with Crippen molar-refractivity contribution in [3.8, 4) is 5.75 Å². The summed E-state index contributed by atoms with van der Waals surface area (Å²) in [6.45, 7) is 7.96. The molecule has 0 aliphatic carbocycles. The molecular weight excluding hydrogens is 400 g/mol. The minimum Gasteiger partial charge on any atom is -0.497 e. The first-order valence-electron chi connectivity index (χ1n) is 10.4. The maximum absolute atomic E-state index is 12.6. The normalized spacial score (nSPS) is 25.2. The third kappa shape index (κ3) is 4.44. The number of β-lactam (4-membered cyclic amide) rings is 1. The van der Waals surface area contributed by atoms with Gasteiger partial charge in [0.15, 0.2) is 5.60 Å². The third-order valence-corrected chi connectivity index (χ3v) is 5.79. The fraction of sp³-hybridized carbons (Fsp3) is 0.522. The van der Waals surface area contributed by atoms with E-state index in [1.54, 1.807) is 25.9 Å². The lowest BCUT2D eigenvalue weighted by Crippen LogP contribution is -2.65. The maximum Gasteiger partial charge on any atom is 0.417 e. The monoisotopic (exact) mass is 430 g/mol. The number of hydrogen-bond acceptors (Lipinski definition) is 6.